The van der Waals surface area contributed by atoms with Crippen molar-refractivity contribution in [1.82, 2.24) is 0 Å². The van der Waals surface area contributed by atoms with Gasteiger partial charge in [-0.2, -0.15) is 0 Å². The lowest BCUT2D eigenvalue weighted by Crippen LogP contribution is -2.54. The maximum Gasteiger partial charge on any atom is 0.155 e. The van der Waals surface area contributed by atoms with Gasteiger partial charge in [0.15, 0.2) is 5.78 Å². The van der Waals surface area contributed by atoms with Crippen molar-refractivity contribution in [2.24, 2.45) is 35.0 Å². The minimum absolute atomic E-state index is 0.181. The molecule has 0 unspecified atom stereocenters. The molecule has 5 aliphatic carbocycles. The number of ketones is 1. The SMILES string of the molecule is CC(C)N(C)c1ccc([C@H]2C[C@@]3(C)[C@@H](CC[C@@]3(O)C#CC3CC3)[C@@H]3CCC4=CC(=O)CC[C@@H]4[C@H]32)cc1. The van der Waals surface area contributed by atoms with E-state index < -0.39 is 5.60 Å². The maximum absolute atomic E-state index is 12.3. The van der Waals surface area contributed by atoms with E-state index in [1.54, 1.807) is 0 Å². The molecule has 1 aromatic carbocycles. The minimum atomic E-state index is -0.875. The van der Waals surface area contributed by atoms with Crippen molar-refractivity contribution in [1.29, 1.82) is 0 Å². The maximum atomic E-state index is 12.3. The number of aliphatic hydroxyl groups is 1. The molecule has 0 radical (unpaired) electrons. The average Bonchev–Trinajstić information content (AvgIpc) is 3.66. The van der Waals surface area contributed by atoms with Crippen LogP contribution in [0.1, 0.15) is 90.0 Å². The molecule has 0 bridgehead atoms. The molecule has 1 aromatic rings. The lowest BCUT2D eigenvalue weighted by Gasteiger charge is -2.58. The van der Waals surface area contributed by atoms with Gasteiger partial charge in [-0.3, -0.25) is 4.79 Å². The number of fused-ring (bicyclic) bond motifs is 5. The summed E-state index contributed by atoms with van der Waals surface area (Å²) in [7, 11) is 2.16. The Balaban J connectivity index is 1.40. The highest BCUT2D eigenvalue weighted by molar-refractivity contribution is 5.91. The van der Waals surface area contributed by atoms with E-state index >= 15 is 0 Å². The number of carbonyl (C=O) groups excluding carboxylic acids is 1. The summed E-state index contributed by atoms with van der Waals surface area (Å²) in [6.45, 7) is 6.82. The molecule has 36 heavy (non-hydrogen) atoms. The van der Waals surface area contributed by atoms with Crippen LogP contribution < -0.4 is 4.90 Å². The molecule has 0 amide bonds. The Hall–Kier alpha value is -2.05. The van der Waals surface area contributed by atoms with Crippen molar-refractivity contribution < 1.29 is 9.90 Å². The molecule has 7 atom stereocenters. The fourth-order valence-electron chi connectivity index (χ4n) is 8.56. The topological polar surface area (TPSA) is 40.5 Å². The first-order valence-corrected chi connectivity index (χ1v) is 14.5. The molecule has 0 saturated heterocycles. The van der Waals surface area contributed by atoms with Gasteiger partial charge >= 0.3 is 0 Å². The van der Waals surface area contributed by atoms with Crippen LogP contribution in [0.15, 0.2) is 35.9 Å². The second-order valence-electron chi connectivity index (χ2n) is 13.2. The Morgan fingerprint density at radius 2 is 1.78 bits per heavy atom. The standard InChI is InChI=1S/C33H43NO2/c1-21(2)34(4)25-10-7-23(8-11-25)29-20-32(3)30(16-18-33(32,36)17-15-22-5-6-22)28-13-9-24-19-26(35)12-14-27(24)31(28)29/h7-8,10-11,19,21-22,27-31,36H,5-6,9,12-14,16,18,20H2,1-4H3/t27-,28-,29+,30-,31+,32-,33-/m0/s1. The molecule has 6 rings (SSSR count). The molecule has 4 saturated carbocycles. The number of hydrogen-bond acceptors (Lipinski definition) is 3. The minimum Gasteiger partial charge on any atom is -0.377 e. The van der Waals surface area contributed by atoms with E-state index in [4.69, 9.17) is 0 Å². The van der Waals surface area contributed by atoms with E-state index in [9.17, 15) is 9.90 Å². The van der Waals surface area contributed by atoms with Gasteiger partial charge in [0, 0.05) is 36.5 Å². The third-order valence-corrected chi connectivity index (χ3v) is 11.0. The molecule has 3 nitrogen and oxygen atoms in total. The van der Waals surface area contributed by atoms with E-state index in [2.05, 4.69) is 68.8 Å². The quantitative estimate of drug-likeness (QED) is 0.496. The third kappa shape index (κ3) is 3.87. The Bertz CT molecular complexity index is 1120. The van der Waals surface area contributed by atoms with E-state index in [1.165, 1.54) is 29.7 Å². The van der Waals surface area contributed by atoms with Crippen molar-refractivity contribution in [3.8, 4) is 11.8 Å². The summed E-state index contributed by atoms with van der Waals surface area (Å²) in [6.07, 6.45) is 11.2. The smallest absolute Gasteiger partial charge is 0.155 e. The van der Waals surface area contributed by atoms with Gasteiger partial charge < -0.3 is 10.0 Å². The van der Waals surface area contributed by atoms with Crippen molar-refractivity contribution in [3.63, 3.8) is 0 Å². The summed E-state index contributed by atoms with van der Waals surface area (Å²) >= 11 is 0. The van der Waals surface area contributed by atoms with E-state index in [1.807, 2.05) is 6.08 Å². The average molecular weight is 486 g/mol. The first kappa shape index (κ1) is 24.3. The molecule has 0 aliphatic heterocycles. The Kier molecular flexibility index (Phi) is 5.91. The molecule has 4 fully saturated rings. The molecular formula is C33H43NO2. The van der Waals surface area contributed by atoms with Crippen LogP contribution in [-0.4, -0.2) is 29.6 Å². The molecule has 1 N–H and O–H groups in total. The predicted molar refractivity (Wildman–Crippen MR) is 146 cm³/mol. The van der Waals surface area contributed by atoms with Crippen LogP contribution in [0.2, 0.25) is 0 Å². The summed E-state index contributed by atoms with van der Waals surface area (Å²) in [5, 5.41) is 12.1. The number of anilines is 1. The summed E-state index contributed by atoms with van der Waals surface area (Å²) in [6, 6.07) is 9.75. The lowest BCUT2D eigenvalue weighted by molar-refractivity contribution is -0.117. The highest BCUT2D eigenvalue weighted by atomic mass is 16.3. The Morgan fingerprint density at radius 3 is 2.47 bits per heavy atom. The molecule has 5 aliphatic rings. The first-order valence-electron chi connectivity index (χ1n) is 14.5. The van der Waals surface area contributed by atoms with Crippen molar-refractivity contribution in [3.05, 3.63) is 41.5 Å². The van der Waals surface area contributed by atoms with Crippen LogP contribution in [0.25, 0.3) is 0 Å². The van der Waals surface area contributed by atoms with Crippen LogP contribution in [0.3, 0.4) is 0 Å². The number of nitrogens with zero attached hydrogens (tertiary/aromatic N) is 1. The van der Waals surface area contributed by atoms with Crippen LogP contribution in [0.5, 0.6) is 0 Å². The number of benzene rings is 1. The molecule has 0 spiro atoms. The molecular weight excluding hydrogens is 442 g/mol. The fraction of sp³-hybridized carbons (Fsp3) is 0.667. The largest absolute Gasteiger partial charge is 0.377 e. The summed E-state index contributed by atoms with van der Waals surface area (Å²) in [5.41, 5.74) is 3.03. The monoisotopic (exact) mass is 485 g/mol. The van der Waals surface area contributed by atoms with Crippen LogP contribution in [0, 0.1) is 46.8 Å². The van der Waals surface area contributed by atoms with Crippen molar-refractivity contribution in [2.75, 3.05) is 11.9 Å². The van der Waals surface area contributed by atoms with Crippen LogP contribution >= 0.6 is 0 Å². The molecule has 0 aromatic heterocycles. The predicted octanol–water partition coefficient (Wildman–Crippen LogP) is 6.51. The zero-order valence-electron chi connectivity index (χ0n) is 22.6. The van der Waals surface area contributed by atoms with Gasteiger partial charge in [-0.05, 0) is 119 Å². The van der Waals surface area contributed by atoms with Gasteiger partial charge in [0.1, 0.15) is 5.60 Å². The zero-order chi connectivity index (χ0) is 25.2. The summed E-state index contributed by atoms with van der Waals surface area (Å²) in [4.78, 5) is 14.6. The summed E-state index contributed by atoms with van der Waals surface area (Å²) in [5.74, 6) is 10.3. The van der Waals surface area contributed by atoms with Gasteiger partial charge in [0.2, 0.25) is 0 Å². The van der Waals surface area contributed by atoms with Gasteiger partial charge in [-0.15, -0.1) is 0 Å². The van der Waals surface area contributed by atoms with Gasteiger partial charge in [0.05, 0.1) is 0 Å². The number of carbonyl (C=O) groups is 1. The van der Waals surface area contributed by atoms with Gasteiger partial charge in [0.25, 0.3) is 0 Å². The van der Waals surface area contributed by atoms with E-state index in [0.29, 0.717) is 53.8 Å². The fourth-order valence-corrected chi connectivity index (χ4v) is 8.56. The van der Waals surface area contributed by atoms with Crippen LogP contribution in [0.4, 0.5) is 5.69 Å². The molecule has 192 valence electrons. The highest BCUT2D eigenvalue weighted by Crippen LogP contribution is 2.68. The van der Waals surface area contributed by atoms with Gasteiger partial charge in [-0.1, -0.05) is 36.5 Å². The third-order valence-electron chi connectivity index (χ3n) is 11.0. The van der Waals surface area contributed by atoms with Crippen molar-refractivity contribution in [2.45, 2.75) is 96.1 Å². The van der Waals surface area contributed by atoms with Crippen LogP contribution in [-0.2, 0) is 4.79 Å². The van der Waals surface area contributed by atoms with E-state index in [0.717, 1.165) is 38.5 Å². The van der Waals surface area contributed by atoms with Gasteiger partial charge in [-0.25, -0.2) is 0 Å². The Labute approximate surface area is 217 Å². The Morgan fingerprint density at radius 1 is 1.03 bits per heavy atom. The van der Waals surface area contributed by atoms with E-state index in [-0.39, 0.29) is 5.41 Å². The number of hydrogen-bond donors (Lipinski definition) is 1. The first-order chi connectivity index (χ1) is 17.2. The number of allylic oxidation sites excluding steroid dienone is 1. The molecule has 3 heteroatoms. The lowest BCUT2D eigenvalue weighted by atomic mass is 9.46. The number of rotatable bonds is 3. The second-order valence-corrected chi connectivity index (χ2v) is 13.2. The second kappa shape index (κ2) is 8.76. The summed E-state index contributed by atoms with van der Waals surface area (Å²) < 4.78 is 0. The van der Waals surface area contributed by atoms with Crippen molar-refractivity contribution >= 4 is 11.5 Å². The molecule has 0 heterocycles. The zero-order valence-corrected chi connectivity index (χ0v) is 22.6. The highest BCUT2D eigenvalue weighted by Gasteiger charge is 2.64. The normalized spacial score (nSPS) is 39.4.